The molecule has 0 radical (unpaired) electrons. The minimum absolute atomic E-state index is 0.140. The van der Waals surface area contributed by atoms with Gasteiger partial charge in [0.05, 0.1) is 0 Å². The summed E-state index contributed by atoms with van der Waals surface area (Å²) in [5.74, 6) is -1.23. The first-order chi connectivity index (χ1) is 13.8. The second-order valence-corrected chi connectivity index (χ2v) is 7.95. The molecule has 1 aliphatic heterocycles. The summed E-state index contributed by atoms with van der Waals surface area (Å²) in [6.07, 6.45) is 0. The van der Waals surface area contributed by atoms with Gasteiger partial charge in [-0.15, -0.1) is 34.7 Å². The molecule has 1 saturated heterocycles. The second-order valence-electron chi connectivity index (χ2n) is 5.58. The van der Waals surface area contributed by atoms with Crippen LogP contribution in [0.25, 0.3) is 0 Å². The molecule has 1 aliphatic rings. The minimum atomic E-state index is -0.763. The Balaban J connectivity index is 1.98. The van der Waals surface area contributed by atoms with Gasteiger partial charge in [-0.05, 0) is 0 Å². The quantitative estimate of drug-likeness (QED) is 0.120. The van der Waals surface area contributed by atoms with Crippen LogP contribution in [-0.4, -0.2) is 71.0 Å². The topological polar surface area (TPSA) is 151 Å². The molecule has 0 spiro atoms. The molecule has 1 unspecified atom stereocenters. The number of halogens is 1. The molecule has 0 aliphatic carbocycles. The standard InChI is InChI=1S/C15H19ClN6O5S2/c1-7(23)17-3-4-28-14-11(13(26)21-14)20-12(25)10(22-27-2)8-6-29-15(18-8)19-9(24)5-16/h6,11,14H,3-5H2,1-2H3,(H,17,23)(H,20,25)(H,21,26)(H,18,19,24)/t11-,14?/m1/s1. The van der Waals surface area contributed by atoms with Crippen molar-refractivity contribution >= 4 is 69.2 Å². The Morgan fingerprint density at radius 2 is 2.21 bits per heavy atom. The summed E-state index contributed by atoms with van der Waals surface area (Å²) >= 11 is 7.91. The lowest BCUT2D eigenvalue weighted by Gasteiger charge is -2.36. The molecule has 0 bridgehead atoms. The lowest BCUT2D eigenvalue weighted by atomic mass is 10.1. The molecular weight excluding hydrogens is 444 g/mol. The van der Waals surface area contributed by atoms with E-state index < -0.39 is 17.9 Å². The SMILES string of the molecule is CON=C(C(=O)N[C@@H]1C(=O)NC1SCCNC(C)=O)c1csc(NC(=O)CCl)n1. The zero-order valence-corrected chi connectivity index (χ0v) is 17.9. The third-order valence-corrected chi connectivity index (χ3v) is 5.63. The normalized spacial score (nSPS) is 18.3. The molecule has 2 rings (SSSR count). The van der Waals surface area contributed by atoms with Gasteiger partial charge in [-0.3, -0.25) is 19.2 Å². The van der Waals surface area contributed by atoms with Crippen molar-refractivity contribution in [2.45, 2.75) is 18.3 Å². The molecule has 0 aromatic carbocycles. The fraction of sp³-hybridized carbons (Fsp3) is 0.467. The smallest absolute Gasteiger partial charge is 0.276 e. The Labute approximate surface area is 179 Å². The van der Waals surface area contributed by atoms with E-state index in [4.69, 9.17) is 16.4 Å². The number of hydrogen-bond donors (Lipinski definition) is 4. The second kappa shape index (κ2) is 11.0. The summed E-state index contributed by atoms with van der Waals surface area (Å²) in [5, 5.41) is 15.5. The van der Waals surface area contributed by atoms with Gasteiger partial charge in [0.2, 0.25) is 17.7 Å². The van der Waals surface area contributed by atoms with Crippen LogP contribution in [0.2, 0.25) is 0 Å². The monoisotopic (exact) mass is 462 g/mol. The van der Waals surface area contributed by atoms with E-state index in [0.717, 1.165) is 11.3 Å². The highest BCUT2D eigenvalue weighted by atomic mass is 35.5. The molecule has 29 heavy (non-hydrogen) atoms. The third kappa shape index (κ3) is 6.58. The number of alkyl halides is 1. The van der Waals surface area contributed by atoms with Gasteiger partial charge in [0.25, 0.3) is 5.91 Å². The molecule has 0 saturated carbocycles. The Hall–Kier alpha value is -2.38. The Kier molecular flexibility index (Phi) is 8.67. The summed E-state index contributed by atoms with van der Waals surface area (Å²) in [7, 11) is 1.27. The van der Waals surface area contributed by atoms with Crippen molar-refractivity contribution in [2.24, 2.45) is 5.16 Å². The Bertz CT molecular complexity index is 817. The fourth-order valence-corrected chi connectivity index (χ4v) is 3.98. The number of thiazole rings is 1. The van der Waals surface area contributed by atoms with Crippen LogP contribution >= 0.6 is 34.7 Å². The van der Waals surface area contributed by atoms with Gasteiger partial charge in [-0.2, -0.15) is 0 Å². The lowest BCUT2D eigenvalue weighted by Crippen LogP contribution is -2.68. The molecule has 1 aromatic rings. The van der Waals surface area contributed by atoms with E-state index in [0.29, 0.717) is 12.3 Å². The molecule has 4 N–H and O–H groups in total. The van der Waals surface area contributed by atoms with E-state index >= 15 is 0 Å². The lowest BCUT2D eigenvalue weighted by molar-refractivity contribution is -0.132. The number of amides is 4. The average Bonchev–Trinajstić information content (AvgIpc) is 3.13. The van der Waals surface area contributed by atoms with Crippen molar-refractivity contribution < 1.29 is 24.0 Å². The number of thioether (sulfide) groups is 1. The first kappa shape index (κ1) is 22.9. The van der Waals surface area contributed by atoms with Crippen LogP contribution < -0.4 is 21.3 Å². The number of rotatable bonds is 10. The molecule has 1 fully saturated rings. The summed E-state index contributed by atoms with van der Waals surface area (Å²) < 4.78 is 0. The molecule has 11 nitrogen and oxygen atoms in total. The van der Waals surface area contributed by atoms with E-state index in [2.05, 4.69) is 31.4 Å². The number of nitrogens with zero attached hydrogens (tertiary/aromatic N) is 2. The van der Waals surface area contributed by atoms with Gasteiger partial charge in [-0.1, -0.05) is 5.16 Å². The number of anilines is 1. The van der Waals surface area contributed by atoms with Crippen LogP contribution in [0.1, 0.15) is 12.6 Å². The predicted molar refractivity (Wildman–Crippen MR) is 110 cm³/mol. The van der Waals surface area contributed by atoms with Gasteiger partial charge in [0.1, 0.15) is 30.1 Å². The fourth-order valence-electron chi connectivity index (χ4n) is 2.14. The molecule has 1 aromatic heterocycles. The van der Waals surface area contributed by atoms with Gasteiger partial charge in [0.15, 0.2) is 10.8 Å². The van der Waals surface area contributed by atoms with Crippen molar-refractivity contribution in [3.8, 4) is 0 Å². The summed E-state index contributed by atoms with van der Waals surface area (Å²) in [6, 6.07) is -0.763. The number of nitrogens with one attached hydrogen (secondary N) is 4. The number of carbonyl (C=O) groups is 4. The van der Waals surface area contributed by atoms with Crippen molar-refractivity contribution in [3.63, 3.8) is 0 Å². The highest BCUT2D eigenvalue weighted by molar-refractivity contribution is 8.00. The van der Waals surface area contributed by atoms with Gasteiger partial charge < -0.3 is 26.1 Å². The van der Waals surface area contributed by atoms with Crippen LogP contribution in [0.5, 0.6) is 0 Å². The number of carbonyl (C=O) groups excluding carboxylic acids is 4. The summed E-state index contributed by atoms with van der Waals surface area (Å²) in [4.78, 5) is 55.5. The molecule has 4 amide bonds. The van der Waals surface area contributed by atoms with Crippen molar-refractivity contribution in [2.75, 3.05) is 30.6 Å². The molecule has 2 heterocycles. The predicted octanol–water partition coefficient (Wildman–Crippen LogP) is -0.519. The Morgan fingerprint density at radius 1 is 1.45 bits per heavy atom. The highest BCUT2D eigenvalue weighted by Gasteiger charge is 2.41. The first-order valence-electron chi connectivity index (χ1n) is 8.25. The van der Waals surface area contributed by atoms with E-state index in [1.807, 2.05) is 0 Å². The third-order valence-electron chi connectivity index (χ3n) is 3.44. The van der Waals surface area contributed by atoms with E-state index in [-0.39, 0.29) is 39.6 Å². The van der Waals surface area contributed by atoms with Crippen molar-refractivity contribution in [1.29, 1.82) is 0 Å². The molecule has 2 atom stereocenters. The number of oxime groups is 1. The van der Waals surface area contributed by atoms with Gasteiger partial charge in [-0.25, -0.2) is 4.98 Å². The van der Waals surface area contributed by atoms with Crippen LogP contribution in [0, 0.1) is 0 Å². The van der Waals surface area contributed by atoms with Gasteiger partial charge >= 0.3 is 0 Å². The minimum Gasteiger partial charge on any atom is -0.398 e. The maximum absolute atomic E-state index is 12.6. The van der Waals surface area contributed by atoms with Crippen molar-refractivity contribution in [3.05, 3.63) is 11.1 Å². The summed E-state index contributed by atoms with van der Waals surface area (Å²) in [5.41, 5.74) is 0.0330. The molecular formula is C15H19ClN6O5S2. The molecule has 158 valence electrons. The number of aromatic nitrogens is 1. The van der Waals surface area contributed by atoms with Crippen LogP contribution in [0.4, 0.5) is 5.13 Å². The van der Waals surface area contributed by atoms with Gasteiger partial charge in [0, 0.05) is 24.6 Å². The maximum Gasteiger partial charge on any atom is 0.276 e. The Morgan fingerprint density at radius 3 is 2.83 bits per heavy atom. The van der Waals surface area contributed by atoms with Crippen LogP contribution in [-0.2, 0) is 24.0 Å². The van der Waals surface area contributed by atoms with E-state index in [1.165, 1.54) is 31.2 Å². The van der Waals surface area contributed by atoms with E-state index in [9.17, 15) is 19.2 Å². The molecule has 14 heteroatoms. The number of β-lactam (4-membered cyclic amide) rings is 1. The largest absolute Gasteiger partial charge is 0.398 e. The maximum atomic E-state index is 12.6. The summed E-state index contributed by atoms with van der Waals surface area (Å²) in [6.45, 7) is 1.86. The zero-order valence-electron chi connectivity index (χ0n) is 15.5. The average molecular weight is 463 g/mol. The van der Waals surface area contributed by atoms with Crippen LogP contribution in [0.3, 0.4) is 0 Å². The highest BCUT2D eigenvalue weighted by Crippen LogP contribution is 2.20. The van der Waals surface area contributed by atoms with Crippen molar-refractivity contribution in [1.82, 2.24) is 20.9 Å². The van der Waals surface area contributed by atoms with E-state index in [1.54, 1.807) is 0 Å². The first-order valence-corrected chi connectivity index (χ1v) is 10.7. The van der Waals surface area contributed by atoms with Crippen LogP contribution in [0.15, 0.2) is 10.5 Å². The zero-order chi connectivity index (χ0) is 21.4. The number of hydrogen-bond acceptors (Lipinski definition) is 9.